The van der Waals surface area contributed by atoms with E-state index in [1.54, 1.807) is 11.3 Å². The summed E-state index contributed by atoms with van der Waals surface area (Å²) in [6.45, 7) is 0.577. The number of rotatable bonds is 4. The number of hydrogen-bond donors (Lipinski definition) is 1. The molecule has 0 unspecified atom stereocenters. The molecule has 0 aliphatic heterocycles. The Labute approximate surface area is 126 Å². The van der Waals surface area contributed by atoms with E-state index in [9.17, 15) is 0 Å². The van der Waals surface area contributed by atoms with Gasteiger partial charge in [0.25, 0.3) is 0 Å². The van der Waals surface area contributed by atoms with Gasteiger partial charge < -0.3 is 10.5 Å². The second kappa shape index (κ2) is 5.61. The Kier molecular flexibility index (Phi) is 3.67. The van der Waals surface area contributed by atoms with Crippen molar-refractivity contribution in [1.29, 1.82) is 0 Å². The molecule has 3 aromatic rings. The number of hydrogen-bond acceptors (Lipinski definition) is 3. The molecule has 3 rings (SSSR count). The van der Waals surface area contributed by atoms with Crippen LogP contribution in [0.25, 0.3) is 10.8 Å². The number of ether oxygens (including phenoxy) is 1. The summed E-state index contributed by atoms with van der Waals surface area (Å²) in [7, 11) is 0. The van der Waals surface area contributed by atoms with Gasteiger partial charge in [-0.15, -0.1) is 11.3 Å². The van der Waals surface area contributed by atoms with E-state index < -0.39 is 0 Å². The van der Waals surface area contributed by atoms with Crippen LogP contribution in [0.3, 0.4) is 0 Å². The van der Waals surface area contributed by atoms with Crippen LogP contribution in [0.5, 0.6) is 5.75 Å². The number of fused-ring (bicyclic) bond motifs is 1. The first-order chi connectivity index (χ1) is 9.75. The molecule has 4 heteroatoms. The molecule has 20 heavy (non-hydrogen) atoms. The van der Waals surface area contributed by atoms with Crippen LogP contribution in [-0.2, 0) is 6.61 Å². The maximum absolute atomic E-state index is 5.92. The van der Waals surface area contributed by atoms with Gasteiger partial charge in [-0.2, -0.15) is 0 Å². The van der Waals surface area contributed by atoms with Crippen molar-refractivity contribution in [2.45, 2.75) is 6.61 Å². The van der Waals surface area contributed by atoms with Gasteiger partial charge in [0.15, 0.2) is 0 Å². The standard InChI is InChI=1S/C16H13NOS2/c17-16(19)14-7-8-15(13-6-2-1-5-12(13)14)18-10-11-4-3-9-20-11/h1-9H,10H2,(H2,17,19). The van der Waals surface area contributed by atoms with Gasteiger partial charge in [0, 0.05) is 15.8 Å². The quantitative estimate of drug-likeness (QED) is 0.736. The van der Waals surface area contributed by atoms with Crippen LogP contribution in [0.2, 0.25) is 0 Å². The van der Waals surface area contributed by atoms with Crippen LogP contribution >= 0.6 is 23.6 Å². The molecule has 0 spiro atoms. The lowest BCUT2D eigenvalue weighted by Gasteiger charge is -2.11. The third-order valence-electron chi connectivity index (χ3n) is 3.10. The summed E-state index contributed by atoms with van der Waals surface area (Å²) in [6, 6.07) is 16.0. The van der Waals surface area contributed by atoms with Gasteiger partial charge in [0.1, 0.15) is 17.3 Å². The van der Waals surface area contributed by atoms with Crippen molar-refractivity contribution in [1.82, 2.24) is 0 Å². The van der Waals surface area contributed by atoms with Crippen LogP contribution in [0.1, 0.15) is 10.4 Å². The molecule has 0 aliphatic carbocycles. The molecule has 0 atom stereocenters. The van der Waals surface area contributed by atoms with Crippen molar-refractivity contribution >= 4 is 39.3 Å². The molecule has 0 fully saturated rings. The van der Waals surface area contributed by atoms with Crippen molar-refractivity contribution in [2.75, 3.05) is 0 Å². The Morgan fingerprint density at radius 1 is 1.05 bits per heavy atom. The molecule has 1 aromatic heterocycles. The van der Waals surface area contributed by atoms with Crippen molar-refractivity contribution < 1.29 is 4.74 Å². The first-order valence-electron chi connectivity index (χ1n) is 6.22. The molecule has 0 amide bonds. The lowest BCUT2D eigenvalue weighted by Crippen LogP contribution is -2.10. The molecule has 0 bridgehead atoms. The Morgan fingerprint density at radius 3 is 2.55 bits per heavy atom. The highest BCUT2D eigenvalue weighted by molar-refractivity contribution is 7.80. The molecule has 0 radical (unpaired) electrons. The number of thiophene rings is 1. The normalized spacial score (nSPS) is 10.6. The number of nitrogens with two attached hydrogens (primary N) is 1. The average Bonchev–Trinajstić information content (AvgIpc) is 2.97. The van der Waals surface area contributed by atoms with E-state index >= 15 is 0 Å². The smallest absolute Gasteiger partial charge is 0.127 e. The predicted octanol–water partition coefficient (Wildman–Crippen LogP) is 4.11. The van der Waals surface area contributed by atoms with Crippen molar-refractivity contribution in [3.63, 3.8) is 0 Å². The van der Waals surface area contributed by atoms with Gasteiger partial charge in [-0.25, -0.2) is 0 Å². The zero-order chi connectivity index (χ0) is 13.9. The van der Waals surface area contributed by atoms with Crippen molar-refractivity contribution in [3.05, 3.63) is 64.4 Å². The lowest BCUT2D eigenvalue weighted by atomic mass is 10.0. The van der Waals surface area contributed by atoms with Crippen LogP contribution in [-0.4, -0.2) is 4.99 Å². The summed E-state index contributed by atoms with van der Waals surface area (Å²) in [6.07, 6.45) is 0. The Bertz CT molecular complexity index is 750. The minimum atomic E-state index is 0.408. The van der Waals surface area contributed by atoms with Gasteiger partial charge in [-0.05, 0) is 29.0 Å². The molecule has 0 aliphatic rings. The van der Waals surface area contributed by atoms with E-state index in [2.05, 4.69) is 6.07 Å². The minimum absolute atomic E-state index is 0.408. The van der Waals surface area contributed by atoms with Crippen molar-refractivity contribution in [3.8, 4) is 5.75 Å². The largest absolute Gasteiger partial charge is 0.487 e. The Balaban J connectivity index is 1.99. The van der Waals surface area contributed by atoms with E-state index in [0.29, 0.717) is 11.6 Å². The van der Waals surface area contributed by atoms with E-state index in [0.717, 1.165) is 22.1 Å². The SMILES string of the molecule is NC(=S)c1ccc(OCc2cccs2)c2ccccc12. The fourth-order valence-corrected chi connectivity index (χ4v) is 2.95. The zero-order valence-electron chi connectivity index (χ0n) is 10.7. The zero-order valence-corrected chi connectivity index (χ0v) is 12.3. The third kappa shape index (κ3) is 2.53. The van der Waals surface area contributed by atoms with E-state index in [-0.39, 0.29) is 0 Å². The van der Waals surface area contributed by atoms with E-state index in [1.165, 1.54) is 4.88 Å². The summed E-state index contributed by atoms with van der Waals surface area (Å²) >= 11 is 6.79. The number of thiocarbonyl (C=S) groups is 1. The predicted molar refractivity (Wildman–Crippen MR) is 88.5 cm³/mol. The highest BCUT2D eigenvalue weighted by Gasteiger charge is 2.08. The van der Waals surface area contributed by atoms with Crippen LogP contribution in [0, 0.1) is 0 Å². The maximum Gasteiger partial charge on any atom is 0.127 e. The first kappa shape index (κ1) is 13.1. The molecule has 0 saturated heterocycles. The second-order valence-corrected chi connectivity index (χ2v) is 5.86. The van der Waals surface area contributed by atoms with Gasteiger partial charge in [-0.3, -0.25) is 0 Å². The first-order valence-corrected chi connectivity index (χ1v) is 7.51. The Hall–Kier alpha value is -1.91. The van der Waals surface area contributed by atoms with Gasteiger partial charge in [0.2, 0.25) is 0 Å². The molecule has 2 nitrogen and oxygen atoms in total. The van der Waals surface area contributed by atoms with Crippen LogP contribution < -0.4 is 10.5 Å². The van der Waals surface area contributed by atoms with E-state index in [1.807, 2.05) is 47.8 Å². The van der Waals surface area contributed by atoms with Crippen molar-refractivity contribution in [2.24, 2.45) is 5.73 Å². The summed E-state index contributed by atoms with van der Waals surface area (Å²) in [5.41, 5.74) is 6.66. The third-order valence-corrected chi connectivity index (χ3v) is 4.17. The molecule has 2 aromatic carbocycles. The van der Waals surface area contributed by atoms with Gasteiger partial charge >= 0.3 is 0 Å². The summed E-state index contributed by atoms with van der Waals surface area (Å²) in [4.78, 5) is 1.61. The molecular weight excluding hydrogens is 286 g/mol. The summed E-state index contributed by atoms with van der Waals surface area (Å²) < 4.78 is 5.92. The van der Waals surface area contributed by atoms with Gasteiger partial charge in [0.05, 0.1) is 0 Å². The minimum Gasteiger partial charge on any atom is -0.487 e. The van der Waals surface area contributed by atoms with Crippen LogP contribution in [0.15, 0.2) is 53.9 Å². The maximum atomic E-state index is 5.92. The highest BCUT2D eigenvalue weighted by atomic mass is 32.1. The monoisotopic (exact) mass is 299 g/mol. The lowest BCUT2D eigenvalue weighted by molar-refractivity contribution is 0.313. The van der Waals surface area contributed by atoms with E-state index in [4.69, 9.17) is 22.7 Å². The molecular formula is C16H13NOS2. The van der Waals surface area contributed by atoms with Gasteiger partial charge in [-0.1, -0.05) is 42.5 Å². The highest BCUT2D eigenvalue weighted by Crippen LogP contribution is 2.29. The van der Waals surface area contributed by atoms with Crippen LogP contribution in [0.4, 0.5) is 0 Å². The molecule has 0 saturated carbocycles. The molecule has 2 N–H and O–H groups in total. The molecule has 100 valence electrons. The summed E-state index contributed by atoms with van der Waals surface area (Å²) in [5.74, 6) is 0.856. The summed E-state index contributed by atoms with van der Waals surface area (Å²) in [5, 5.41) is 4.12. The Morgan fingerprint density at radius 2 is 1.85 bits per heavy atom. The second-order valence-electron chi connectivity index (χ2n) is 4.39. The topological polar surface area (TPSA) is 35.2 Å². The fourth-order valence-electron chi connectivity index (χ4n) is 2.16. The number of benzene rings is 2. The molecule has 1 heterocycles. The fraction of sp³-hybridized carbons (Fsp3) is 0.0625. The average molecular weight is 299 g/mol.